The van der Waals surface area contributed by atoms with Gasteiger partial charge in [0.2, 0.25) is 0 Å². The molecule has 0 bridgehead atoms. The van der Waals surface area contributed by atoms with E-state index in [4.69, 9.17) is 15.5 Å². The quantitative estimate of drug-likeness (QED) is 0.307. The molecule has 1 aromatic carbocycles. The van der Waals surface area contributed by atoms with Crippen LogP contribution in [0, 0.1) is 6.92 Å². The minimum Gasteiger partial charge on any atom is -0.382 e. The molecule has 1 atom stereocenters. The minimum absolute atomic E-state index is 0.123. The molecule has 34 heavy (non-hydrogen) atoms. The van der Waals surface area contributed by atoms with Gasteiger partial charge in [-0.1, -0.05) is 6.07 Å². The Morgan fingerprint density at radius 3 is 2.82 bits per heavy atom. The van der Waals surface area contributed by atoms with Gasteiger partial charge in [0, 0.05) is 32.7 Å². The standard InChI is InChI=1S/C25H36N8O/c1-17(2)32(11-6-5-7-22-30-20-9-8-18(3)13-21(20)31-22)14-19(34-4)10-12-33-16-29-23-24(26)27-15-28-25(23)33/h8-9,13,15-17,19H,5-7,10-12,14H2,1-4H3,(H,30,31)(H2,26,27,28). The Kier molecular flexibility index (Phi) is 7.74. The highest BCUT2D eigenvalue weighted by atomic mass is 16.5. The molecule has 182 valence electrons. The van der Waals surface area contributed by atoms with Gasteiger partial charge in [0.25, 0.3) is 0 Å². The molecule has 3 N–H and O–H groups in total. The number of ether oxygens (including phenoxy) is 1. The third kappa shape index (κ3) is 5.71. The Morgan fingerprint density at radius 1 is 1.18 bits per heavy atom. The zero-order chi connectivity index (χ0) is 24.1. The topological polar surface area (TPSA) is 111 Å². The van der Waals surface area contributed by atoms with Crippen molar-refractivity contribution >= 4 is 28.0 Å². The molecular weight excluding hydrogens is 428 g/mol. The molecule has 0 saturated heterocycles. The third-order valence-electron chi connectivity index (χ3n) is 6.42. The lowest BCUT2D eigenvalue weighted by molar-refractivity contribution is 0.0447. The number of benzene rings is 1. The smallest absolute Gasteiger partial charge is 0.165 e. The third-order valence-corrected chi connectivity index (χ3v) is 6.42. The molecule has 9 heteroatoms. The Balaban J connectivity index is 1.27. The average molecular weight is 465 g/mol. The van der Waals surface area contributed by atoms with E-state index in [0.29, 0.717) is 17.4 Å². The van der Waals surface area contributed by atoms with Crippen LogP contribution < -0.4 is 5.73 Å². The molecule has 0 radical (unpaired) electrons. The highest BCUT2D eigenvalue weighted by Crippen LogP contribution is 2.17. The summed E-state index contributed by atoms with van der Waals surface area (Å²) in [5.41, 5.74) is 10.8. The van der Waals surface area contributed by atoms with Crippen LogP contribution in [-0.2, 0) is 17.7 Å². The molecule has 3 aromatic heterocycles. The summed E-state index contributed by atoms with van der Waals surface area (Å²) in [6.07, 6.45) is 7.44. The summed E-state index contributed by atoms with van der Waals surface area (Å²) in [5, 5.41) is 0. The first-order valence-electron chi connectivity index (χ1n) is 12.1. The van der Waals surface area contributed by atoms with Gasteiger partial charge in [-0.15, -0.1) is 0 Å². The number of unbranched alkanes of at least 4 members (excludes halogenated alkanes) is 1. The van der Waals surface area contributed by atoms with Gasteiger partial charge in [0.1, 0.15) is 17.7 Å². The number of imidazole rings is 2. The maximum atomic E-state index is 5.91. The Labute approximate surface area is 200 Å². The molecule has 0 aliphatic rings. The number of fused-ring (bicyclic) bond motifs is 2. The van der Waals surface area contributed by atoms with Crippen LogP contribution in [0.25, 0.3) is 22.2 Å². The number of hydrogen-bond acceptors (Lipinski definition) is 7. The maximum Gasteiger partial charge on any atom is 0.165 e. The number of aryl methyl sites for hydroxylation is 3. The lowest BCUT2D eigenvalue weighted by Gasteiger charge is -2.30. The molecular formula is C25H36N8O. The van der Waals surface area contributed by atoms with Gasteiger partial charge in [-0.2, -0.15) is 0 Å². The largest absolute Gasteiger partial charge is 0.382 e. The number of rotatable bonds is 12. The number of nitrogens with zero attached hydrogens (tertiary/aromatic N) is 6. The zero-order valence-corrected chi connectivity index (χ0v) is 20.7. The van der Waals surface area contributed by atoms with Crippen LogP contribution in [0.2, 0.25) is 0 Å². The van der Waals surface area contributed by atoms with E-state index in [1.807, 2.05) is 4.57 Å². The Bertz CT molecular complexity index is 1210. The van der Waals surface area contributed by atoms with Crippen LogP contribution in [0.15, 0.2) is 30.9 Å². The molecule has 1 unspecified atom stereocenters. The van der Waals surface area contributed by atoms with E-state index in [1.165, 1.54) is 11.9 Å². The molecule has 4 rings (SSSR count). The minimum atomic E-state index is 0.123. The van der Waals surface area contributed by atoms with E-state index >= 15 is 0 Å². The maximum absolute atomic E-state index is 5.91. The number of aromatic nitrogens is 6. The van der Waals surface area contributed by atoms with Gasteiger partial charge in [-0.25, -0.2) is 19.9 Å². The van der Waals surface area contributed by atoms with Crippen LogP contribution in [0.4, 0.5) is 5.82 Å². The highest BCUT2D eigenvalue weighted by Gasteiger charge is 2.17. The number of nitrogen functional groups attached to an aromatic ring is 1. The van der Waals surface area contributed by atoms with Crippen LogP contribution >= 0.6 is 0 Å². The first kappa shape index (κ1) is 24.1. The first-order valence-corrected chi connectivity index (χ1v) is 12.1. The lowest BCUT2D eigenvalue weighted by atomic mass is 10.1. The van der Waals surface area contributed by atoms with Crippen LogP contribution in [0.5, 0.6) is 0 Å². The molecule has 0 saturated carbocycles. The zero-order valence-electron chi connectivity index (χ0n) is 20.7. The van der Waals surface area contributed by atoms with Gasteiger partial charge >= 0.3 is 0 Å². The summed E-state index contributed by atoms with van der Waals surface area (Å²) in [5.74, 6) is 1.49. The van der Waals surface area contributed by atoms with E-state index < -0.39 is 0 Å². The first-order chi connectivity index (χ1) is 16.4. The normalized spacial score (nSPS) is 13.0. The van der Waals surface area contributed by atoms with Crippen molar-refractivity contribution in [2.75, 3.05) is 25.9 Å². The number of nitrogens with two attached hydrogens (primary N) is 1. The second-order valence-electron chi connectivity index (χ2n) is 9.27. The number of hydrogen-bond donors (Lipinski definition) is 2. The molecule has 0 amide bonds. The molecule has 0 aliphatic heterocycles. The van der Waals surface area contributed by atoms with Crippen molar-refractivity contribution in [1.82, 2.24) is 34.4 Å². The van der Waals surface area contributed by atoms with Crippen molar-refractivity contribution in [3.8, 4) is 0 Å². The molecule has 9 nitrogen and oxygen atoms in total. The monoisotopic (exact) mass is 464 g/mol. The van der Waals surface area contributed by atoms with E-state index in [-0.39, 0.29) is 6.10 Å². The van der Waals surface area contributed by atoms with Crippen LogP contribution in [0.3, 0.4) is 0 Å². The van der Waals surface area contributed by atoms with Crippen molar-refractivity contribution in [2.45, 2.75) is 65.1 Å². The van der Waals surface area contributed by atoms with Crippen LogP contribution in [0.1, 0.15) is 44.5 Å². The van der Waals surface area contributed by atoms with Gasteiger partial charge in [-0.05, 0) is 64.3 Å². The number of nitrogens with one attached hydrogen (secondary N) is 1. The fourth-order valence-electron chi connectivity index (χ4n) is 4.35. The second kappa shape index (κ2) is 10.9. The average Bonchev–Trinajstić information content (AvgIpc) is 3.42. The van der Waals surface area contributed by atoms with Gasteiger partial charge < -0.3 is 20.0 Å². The second-order valence-corrected chi connectivity index (χ2v) is 9.27. The Morgan fingerprint density at radius 2 is 2.03 bits per heavy atom. The summed E-state index contributed by atoms with van der Waals surface area (Å²) < 4.78 is 7.86. The molecule has 3 heterocycles. The number of anilines is 1. The summed E-state index contributed by atoms with van der Waals surface area (Å²) in [6.45, 7) is 9.30. The van der Waals surface area contributed by atoms with Crippen molar-refractivity contribution in [2.24, 2.45) is 0 Å². The van der Waals surface area contributed by atoms with Gasteiger partial charge in [0.15, 0.2) is 11.5 Å². The number of methoxy groups -OCH3 is 1. The lowest BCUT2D eigenvalue weighted by Crippen LogP contribution is -2.39. The van der Waals surface area contributed by atoms with E-state index in [1.54, 1.807) is 13.4 Å². The van der Waals surface area contributed by atoms with E-state index in [0.717, 1.165) is 67.8 Å². The SMILES string of the molecule is COC(CCn1cnc2c(N)ncnc21)CN(CCCCc1nc2ccc(C)cc2[nH]1)C(C)C. The highest BCUT2D eigenvalue weighted by molar-refractivity contribution is 5.81. The Hall–Kier alpha value is -3.04. The summed E-state index contributed by atoms with van der Waals surface area (Å²) in [6, 6.07) is 6.81. The fourth-order valence-corrected chi connectivity index (χ4v) is 4.35. The molecule has 4 aromatic rings. The fraction of sp³-hybridized carbons (Fsp3) is 0.520. The predicted octanol–water partition coefficient (Wildman–Crippen LogP) is 3.73. The van der Waals surface area contributed by atoms with Gasteiger partial charge in [-0.3, -0.25) is 4.90 Å². The predicted molar refractivity (Wildman–Crippen MR) is 136 cm³/mol. The molecule has 0 aliphatic carbocycles. The van der Waals surface area contributed by atoms with Crippen molar-refractivity contribution in [3.05, 3.63) is 42.2 Å². The molecule has 0 fully saturated rings. The number of aromatic amines is 1. The summed E-state index contributed by atoms with van der Waals surface area (Å²) >= 11 is 0. The van der Waals surface area contributed by atoms with Crippen molar-refractivity contribution in [1.29, 1.82) is 0 Å². The number of H-pyrrole nitrogens is 1. The van der Waals surface area contributed by atoms with Gasteiger partial charge in [0.05, 0.1) is 23.5 Å². The molecule has 0 spiro atoms. The van der Waals surface area contributed by atoms with E-state index in [2.05, 4.69) is 63.8 Å². The summed E-state index contributed by atoms with van der Waals surface area (Å²) in [7, 11) is 1.79. The van der Waals surface area contributed by atoms with Crippen molar-refractivity contribution < 1.29 is 4.74 Å². The van der Waals surface area contributed by atoms with Crippen LogP contribution in [-0.4, -0.2) is 66.7 Å². The van der Waals surface area contributed by atoms with Crippen molar-refractivity contribution in [3.63, 3.8) is 0 Å². The summed E-state index contributed by atoms with van der Waals surface area (Å²) in [4.78, 5) is 23.4. The van der Waals surface area contributed by atoms with E-state index in [9.17, 15) is 0 Å².